The zero-order valence-corrected chi connectivity index (χ0v) is 11.9. The molecule has 7 heteroatoms. The van der Waals surface area contributed by atoms with Gasteiger partial charge in [0, 0.05) is 19.6 Å². The van der Waals surface area contributed by atoms with E-state index in [1.165, 1.54) is 0 Å². The first-order chi connectivity index (χ1) is 7.99. The molecular formula is C10H15IN4O2. The summed E-state index contributed by atoms with van der Waals surface area (Å²) in [6.07, 6.45) is 0. The van der Waals surface area contributed by atoms with E-state index in [2.05, 4.69) is 19.8 Å². The Morgan fingerprint density at radius 2 is 2.18 bits per heavy atom. The van der Waals surface area contributed by atoms with Gasteiger partial charge in [0.05, 0.1) is 6.04 Å². The number of rotatable bonds is 1. The molecule has 0 aromatic carbocycles. The number of nitrogens with zero attached hydrogens (tertiary/aromatic N) is 3. The van der Waals surface area contributed by atoms with E-state index < -0.39 is 0 Å². The van der Waals surface area contributed by atoms with Gasteiger partial charge in [0.15, 0.2) is 0 Å². The van der Waals surface area contributed by atoms with Gasteiger partial charge >= 0.3 is 0 Å². The molecule has 0 spiro atoms. The molecule has 1 unspecified atom stereocenters. The van der Waals surface area contributed by atoms with Gasteiger partial charge in [-0.05, 0) is 36.7 Å². The maximum atomic E-state index is 11.6. The maximum Gasteiger partial charge on any atom is 0.268 e. The average Bonchev–Trinajstić information content (AvgIpc) is 2.28. The molecule has 1 fully saturated rings. The number of likely N-dealkylation sites (N-methyl/N-ethyl adjacent to an activating group) is 2. The molecule has 1 aromatic rings. The Kier molecular flexibility index (Phi) is 3.69. The molecule has 2 heterocycles. The van der Waals surface area contributed by atoms with Gasteiger partial charge in [0.2, 0.25) is 5.88 Å². The summed E-state index contributed by atoms with van der Waals surface area (Å²) < 4.78 is 0.234. The lowest BCUT2D eigenvalue weighted by Crippen LogP contribution is -2.45. The predicted molar refractivity (Wildman–Crippen MR) is 72.1 cm³/mol. The molecule has 1 atom stereocenters. The number of H-pyrrole nitrogens is 1. The van der Waals surface area contributed by atoms with Gasteiger partial charge in [-0.25, -0.2) is 0 Å². The van der Waals surface area contributed by atoms with Crippen molar-refractivity contribution in [3.8, 4) is 5.88 Å². The van der Waals surface area contributed by atoms with Crippen LogP contribution in [0.4, 0.5) is 0 Å². The van der Waals surface area contributed by atoms with Crippen LogP contribution in [0.25, 0.3) is 0 Å². The van der Waals surface area contributed by atoms with Crippen LogP contribution in [0, 0.1) is 3.57 Å². The molecule has 0 saturated carbocycles. The maximum absolute atomic E-state index is 11.6. The Hall–Kier alpha value is -0.670. The van der Waals surface area contributed by atoms with E-state index in [9.17, 15) is 9.90 Å². The summed E-state index contributed by atoms with van der Waals surface area (Å²) in [6.45, 7) is 2.70. The SMILES string of the molecule is CN1CCN(C)C(c2nc(O)c(I)c(=O)[nH]2)C1. The van der Waals surface area contributed by atoms with E-state index in [4.69, 9.17) is 0 Å². The number of aromatic amines is 1. The molecule has 2 N–H and O–H groups in total. The zero-order chi connectivity index (χ0) is 12.6. The Balaban J connectivity index is 2.36. The van der Waals surface area contributed by atoms with Crippen LogP contribution in [-0.2, 0) is 0 Å². The fourth-order valence-electron chi connectivity index (χ4n) is 1.93. The van der Waals surface area contributed by atoms with Crippen LogP contribution in [0.1, 0.15) is 11.9 Å². The highest BCUT2D eigenvalue weighted by Gasteiger charge is 2.26. The molecule has 1 aliphatic rings. The minimum absolute atomic E-state index is 0.0179. The number of nitrogens with one attached hydrogen (secondary N) is 1. The third kappa shape index (κ3) is 2.61. The van der Waals surface area contributed by atoms with E-state index in [1.807, 2.05) is 14.1 Å². The van der Waals surface area contributed by atoms with Gasteiger partial charge < -0.3 is 15.0 Å². The van der Waals surface area contributed by atoms with Crippen molar-refractivity contribution in [3.05, 3.63) is 19.7 Å². The van der Waals surface area contributed by atoms with E-state index in [0.29, 0.717) is 5.82 Å². The van der Waals surface area contributed by atoms with Crippen molar-refractivity contribution in [2.75, 3.05) is 33.7 Å². The first kappa shape index (κ1) is 12.8. The van der Waals surface area contributed by atoms with Crippen LogP contribution >= 0.6 is 22.6 Å². The molecule has 0 radical (unpaired) electrons. The number of hydrogen-bond donors (Lipinski definition) is 2. The third-order valence-corrected chi connectivity index (χ3v) is 4.00. The summed E-state index contributed by atoms with van der Waals surface area (Å²) in [4.78, 5) is 22.7. The minimum Gasteiger partial charge on any atom is -0.492 e. The van der Waals surface area contributed by atoms with E-state index in [0.717, 1.165) is 19.6 Å². The molecule has 1 aromatic heterocycles. The molecule has 0 aliphatic carbocycles. The average molecular weight is 350 g/mol. The Morgan fingerprint density at radius 3 is 2.82 bits per heavy atom. The second-order valence-electron chi connectivity index (χ2n) is 4.35. The van der Waals surface area contributed by atoms with E-state index in [-0.39, 0.29) is 21.1 Å². The van der Waals surface area contributed by atoms with Crippen molar-refractivity contribution in [1.82, 2.24) is 19.8 Å². The molecule has 2 rings (SSSR count). The van der Waals surface area contributed by atoms with Gasteiger partial charge in [0.25, 0.3) is 5.56 Å². The first-order valence-corrected chi connectivity index (χ1v) is 6.44. The lowest BCUT2D eigenvalue weighted by atomic mass is 10.1. The minimum atomic E-state index is -0.283. The summed E-state index contributed by atoms with van der Waals surface area (Å²) in [5.74, 6) is 0.341. The van der Waals surface area contributed by atoms with Crippen LogP contribution in [0.3, 0.4) is 0 Å². The molecule has 0 amide bonds. The van der Waals surface area contributed by atoms with Crippen molar-refractivity contribution in [2.45, 2.75) is 6.04 Å². The summed E-state index contributed by atoms with van der Waals surface area (Å²) in [7, 11) is 4.03. The number of hydrogen-bond acceptors (Lipinski definition) is 5. The fourth-order valence-corrected chi connectivity index (χ4v) is 2.18. The van der Waals surface area contributed by atoms with Gasteiger partial charge in [-0.3, -0.25) is 9.69 Å². The molecular weight excluding hydrogens is 335 g/mol. The van der Waals surface area contributed by atoms with Crippen LogP contribution in [-0.4, -0.2) is 58.6 Å². The highest BCUT2D eigenvalue weighted by atomic mass is 127. The van der Waals surface area contributed by atoms with Crippen molar-refractivity contribution in [1.29, 1.82) is 0 Å². The standard InChI is InChI=1S/C10H15IN4O2/c1-14-3-4-15(2)6(5-14)8-12-9(16)7(11)10(17)13-8/h6H,3-5H2,1-2H3,(H2,12,13,16,17). The van der Waals surface area contributed by atoms with Gasteiger partial charge in [-0.15, -0.1) is 0 Å². The topological polar surface area (TPSA) is 72.5 Å². The van der Waals surface area contributed by atoms with Crippen LogP contribution in [0.5, 0.6) is 5.88 Å². The lowest BCUT2D eigenvalue weighted by Gasteiger charge is -2.36. The van der Waals surface area contributed by atoms with Crippen LogP contribution < -0.4 is 5.56 Å². The molecule has 0 bridgehead atoms. The van der Waals surface area contributed by atoms with Gasteiger partial charge in [-0.1, -0.05) is 0 Å². The van der Waals surface area contributed by atoms with Crippen molar-refractivity contribution < 1.29 is 5.11 Å². The number of halogens is 1. The normalized spacial score (nSPS) is 22.9. The number of aromatic hydroxyl groups is 1. The van der Waals surface area contributed by atoms with Gasteiger partial charge in [0.1, 0.15) is 9.39 Å². The quantitative estimate of drug-likeness (QED) is 0.698. The van der Waals surface area contributed by atoms with Crippen LogP contribution in [0.2, 0.25) is 0 Å². The Labute approximate surface area is 113 Å². The van der Waals surface area contributed by atoms with Crippen molar-refractivity contribution >= 4 is 22.6 Å². The fraction of sp³-hybridized carbons (Fsp3) is 0.600. The second kappa shape index (κ2) is 4.91. The predicted octanol–water partition coefficient (Wildman–Crippen LogP) is -0.00160. The summed E-state index contributed by atoms with van der Waals surface area (Å²) in [5.41, 5.74) is -0.283. The lowest BCUT2D eigenvalue weighted by molar-refractivity contribution is 0.109. The highest BCUT2D eigenvalue weighted by Crippen LogP contribution is 2.21. The molecule has 1 aliphatic heterocycles. The first-order valence-electron chi connectivity index (χ1n) is 5.36. The van der Waals surface area contributed by atoms with E-state index >= 15 is 0 Å². The smallest absolute Gasteiger partial charge is 0.268 e. The van der Waals surface area contributed by atoms with Crippen LogP contribution in [0.15, 0.2) is 4.79 Å². The monoisotopic (exact) mass is 350 g/mol. The zero-order valence-electron chi connectivity index (χ0n) is 9.77. The second-order valence-corrected chi connectivity index (χ2v) is 5.43. The molecule has 1 saturated heterocycles. The molecule has 17 heavy (non-hydrogen) atoms. The molecule has 6 nitrogen and oxygen atoms in total. The summed E-state index contributed by atoms with van der Waals surface area (Å²) >= 11 is 1.79. The van der Waals surface area contributed by atoms with Crippen molar-refractivity contribution in [2.24, 2.45) is 0 Å². The van der Waals surface area contributed by atoms with Gasteiger partial charge in [-0.2, -0.15) is 4.98 Å². The highest BCUT2D eigenvalue weighted by molar-refractivity contribution is 14.1. The Bertz CT molecular complexity index is 476. The van der Waals surface area contributed by atoms with E-state index in [1.54, 1.807) is 22.6 Å². The Morgan fingerprint density at radius 1 is 1.47 bits per heavy atom. The summed E-state index contributed by atoms with van der Waals surface area (Å²) in [6, 6.07) is 0.0179. The number of piperazine rings is 1. The number of aromatic nitrogens is 2. The largest absolute Gasteiger partial charge is 0.492 e. The summed E-state index contributed by atoms with van der Waals surface area (Å²) in [5, 5.41) is 9.59. The molecule has 94 valence electrons. The van der Waals surface area contributed by atoms with Crippen molar-refractivity contribution in [3.63, 3.8) is 0 Å². The third-order valence-electron chi connectivity index (χ3n) is 3.03.